The van der Waals surface area contributed by atoms with E-state index in [1.165, 1.54) is 15.3 Å². The second-order valence-corrected chi connectivity index (χ2v) is 7.38. The summed E-state index contributed by atoms with van der Waals surface area (Å²) < 4.78 is 1.28. The fourth-order valence-corrected chi connectivity index (χ4v) is 3.13. The third-order valence-corrected chi connectivity index (χ3v) is 4.10. The number of aromatic nitrogens is 1. The van der Waals surface area contributed by atoms with Gasteiger partial charge in [0.15, 0.2) is 0 Å². The summed E-state index contributed by atoms with van der Waals surface area (Å²) >= 11 is 1.80. The molecule has 1 heterocycles. The number of para-hydroxylation sites is 1. The van der Waals surface area contributed by atoms with Crippen LogP contribution in [0.25, 0.3) is 10.2 Å². The van der Waals surface area contributed by atoms with Crippen LogP contribution in [0.2, 0.25) is 0 Å². The molecule has 0 aliphatic carbocycles. The van der Waals surface area contributed by atoms with Crippen molar-refractivity contribution in [1.29, 1.82) is 0 Å². The highest BCUT2D eigenvalue weighted by molar-refractivity contribution is 7.18. The van der Waals surface area contributed by atoms with Gasteiger partial charge in [0, 0.05) is 12.0 Å². The molecule has 0 spiro atoms. The molecular formula is C17H24N2S. The number of benzene rings is 1. The van der Waals surface area contributed by atoms with Crippen LogP contribution in [-0.4, -0.2) is 17.1 Å². The van der Waals surface area contributed by atoms with Crippen molar-refractivity contribution < 1.29 is 0 Å². The van der Waals surface area contributed by atoms with Crippen LogP contribution in [0.15, 0.2) is 35.9 Å². The van der Waals surface area contributed by atoms with Crippen molar-refractivity contribution in [3.8, 4) is 0 Å². The Morgan fingerprint density at radius 1 is 1.30 bits per heavy atom. The first-order chi connectivity index (χ1) is 9.44. The Balaban J connectivity index is 1.88. The van der Waals surface area contributed by atoms with E-state index in [9.17, 15) is 0 Å². The minimum absolute atomic E-state index is 0.203. The van der Waals surface area contributed by atoms with E-state index in [0.717, 1.165) is 24.9 Å². The normalized spacial score (nSPS) is 13.1. The zero-order valence-corrected chi connectivity index (χ0v) is 13.7. The number of allylic oxidation sites excluding steroid dienone is 1. The first-order valence-corrected chi connectivity index (χ1v) is 8.01. The summed E-state index contributed by atoms with van der Waals surface area (Å²) in [6.07, 6.45) is 4.37. The fraction of sp³-hybridized carbons (Fsp3) is 0.471. The number of nitrogens with zero attached hydrogens (tertiary/aromatic N) is 1. The van der Waals surface area contributed by atoms with Gasteiger partial charge in [-0.15, -0.1) is 11.3 Å². The van der Waals surface area contributed by atoms with Gasteiger partial charge in [0.05, 0.1) is 15.2 Å². The van der Waals surface area contributed by atoms with Crippen molar-refractivity contribution in [3.63, 3.8) is 0 Å². The first kappa shape index (κ1) is 15.2. The third kappa shape index (κ3) is 4.73. The summed E-state index contributed by atoms with van der Waals surface area (Å²) in [6.45, 7) is 9.82. The number of nitrogens with one attached hydrogen (secondary N) is 1. The van der Waals surface area contributed by atoms with E-state index in [-0.39, 0.29) is 5.54 Å². The van der Waals surface area contributed by atoms with Crippen molar-refractivity contribution in [2.75, 3.05) is 6.54 Å². The van der Waals surface area contributed by atoms with Crippen LogP contribution in [-0.2, 0) is 6.42 Å². The Morgan fingerprint density at radius 3 is 2.75 bits per heavy atom. The predicted octanol–water partition coefficient (Wildman–Crippen LogP) is 4.56. The highest BCUT2D eigenvalue weighted by Gasteiger charge is 2.07. The molecule has 3 heteroatoms. The lowest BCUT2D eigenvalue weighted by molar-refractivity contribution is 0.431. The first-order valence-electron chi connectivity index (χ1n) is 7.19. The molecule has 0 amide bonds. The Hall–Kier alpha value is -1.19. The number of fused-ring (bicyclic) bond motifs is 1. The number of hydrogen-bond donors (Lipinski definition) is 1. The lowest BCUT2D eigenvalue weighted by atomic mass is 10.1. The Kier molecular flexibility index (Phi) is 4.95. The molecule has 0 radical (unpaired) electrons. The van der Waals surface area contributed by atoms with Crippen molar-refractivity contribution in [2.45, 2.75) is 46.1 Å². The molecule has 0 saturated carbocycles. The fourth-order valence-electron chi connectivity index (χ4n) is 2.07. The average molecular weight is 288 g/mol. The van der Waals surface area contributed by atoms with Gasteiger partial charge in [-0.05, 0) is 52.8 Å². The molecule has 0 aliphatic heterocycles. The smallest absolute Gasteiger partial charge is 0.0978 e. The van der Waals surface area contributed by atoms with E-state index in [4.69, 9.17) is 0 Å². The molecule has 2 nitrogen and oxygen atoms in total. The molecule has 20 heavy (non-hydrogen) atoms. The van der Waals surface area contributed by atoms with Gasteiger partial charge >= 0.3 is 0 Å². The van der Waals surface area contributed by atoms with E-state index in [2.05, 4.69) is 62.3 Å². The third-order valence-electron chi connectivity index (χ3n) is 3.06. The van der Waals surface area contributed by atoms with Crippen LogP contribution in [0.5, 0.6) is 0 Å². The summed E-state index contributed by atoms with van der Waals surface area (Å²) in [5.74, 6) is 0. The molecule has 0 unspecified atom stereocenters. The summed E-state index contributed by atoms with van der Waals surface area (Å²) in [5.41, 5.74) is 2.73. The molecule has 1 aromatic carbocycles. The second kappa shape index (κ2) is 6.51. The molecular weight excluding hydrogens is 264 g/mol. The van der Waals surface area contributed by atoms with E-state index in [1.807, 2.05) is 6.07 Å². The summed E-state index contributed by atoms with van der Waals surface area (Å²) in [4.78, 5) is 4.68. The highest BCUT2D eigenvalue weighted by Crippen LogP contribution is 2.23. The van der Waals surface area contributed by atoms with Crippen LogP contribution >= 0.6 is 11.3 Å². The Labute approximate surface area is 125 Å². The molecule has 0 atom stereocenters. The largest absolute Gasteiger partial charge is 0.312 e. The average Bonchev–Trinajstić information content (AvgIpc) is 2.75. The van der Waals surface area contributed by atoms with Crippen LogP contribution in [0.4, 0.5) is 0 Å². The zero-order chi connectivity index (χ0) is 14.6. The van der Waals surface area contributed by atoms with Crippen LogP contribution in [0.1, 0.15) is 39.1 Å². The zero-order valence-electron chi connectivity index (χ0n) is 12.9. The van der Waals surface area contributed by atoms with E-state index >= 15 is 0 Å². The van der Waals surface area contributed by atoms with Crippen molar-refractivity contribution in [3.05, 3.63) is 40.9 Å². The van der Waals surface area contributed by atoms with Gasteiger partial charge in [0.25, 0.3) is 0 Å². The highest BCUT2D eigenvalue weighted by atomic mass is 32.1. The van der Waals surface area contributed by atoms with Gasteiger partial charge in [0.1, 0.15) is 0 Å². The van der Waals surface area contributed by atoms with Gasteiger partial charge in [-0.3, -0.25) is 0 Å². The van der Waals surface area contributed by atoms with Gasteiger partial charge < -0.3 is 5.32 Å². The monoisotopic (exact) mass is 288 g/mol. The Morgan fingerprint density at radius 2 is 2.05 bits per heavy atom. The van der Waals surface area contributed by atoms with Crippen molar-refractivity contribution >= 4 is 21.6 Å². The van der Waals surface area contributed by atoms with Crippen LogP contribution in [0, 0.1) is 0 Å². The quantitative estimate of drug-likeness (QED) is 0.644. The molecule has 2 aromatic rings. The molecule has 0 bridgehead atoms. The van der Waals surface area contributed by atoms with Gasteiger partial charge in [0.2, 0.25) is 0 Å². The summed E-state index contributed by atoms with van der Waals surface area (Å²) in [6, 6.07) is 8.35. The Bertz CT molecular complexity index is 557. The van der Waals surface area contributed by atoms with Crippen molar-refractivity contribution in [1.82, 2.24) is 10.3 Å². The van der Waals surface area contributed by atoms with Gasteiger partial charge in [-0.2, -0.15) is 0 Å². The lowest BCUT2D eigenvalue weighted by Gasteiger charge is -2.19. The van der Waals surface area contributed by atoms with E-state index in [0.29, 0.717) is 0 Å². The van der Waals surface area contributed by atoms with E-state index in [1.54, 1.807) is 11.3 Å². The van der Waals surface area contributed by atoms with Crippen LogP contribution in [0.3, 0.4) is 0 Å². The standard InChI is InChI=1S/C17H24N2S/c1-13(8-7-11-18-17(2,3)4)12-16-19-14-9-5-6-10-15(14)20-16/h5-6,8-10,18H,7,11-12H2,1-4H3. The molecule has 1 N–H and O–H groups in total. The molecule has 0 fully saturated rings. The lowest BCUT2D eigenvalue weighted by Crippen LogP contribution is -2.36. The van der Waals surface area contributed by atoms with Crippen LogP contribution < -0.4 is 5.32 Å². The maximum Gasteiger partial charge on any atom is 0.0978 e. The molecule has 1 aromatic heterocycles. The topological polar surface area (TPSA) is 24.9 Å². The minimum Gasteiger partial charge on any atom is -0.312 e. The van der Waals surface area contributed by atoms with E-state index < -0.39 is 0 Å². The second-order valence-electron chi connectivity index (χ2n) is 6.27. The molecule has 108 valence electrons. The minimum atomic E-state index is 0.203. The SMILES string of the molecule is CC(=CCCNC(C)(C)C)Cc1nc2ccccc2s1. The molecule has 0 saturated heterocycles. The van der Waals surface area contributed by atoms with Gasteiger partial charge in [-0.1, -0.05) is 23.8 Å². The summed E-state index contributed by atoms with van der Waals surface area (Å²) in [5, 5.41) is 4.72. The van der Waals surface area contributed by atoms with Crippen molar-refractivity contribution in [2.24, 2.45) is 0 Å². The maximum absolute atomic E-state index is 4.68. The molecule has 0 aliphatic rings. The number of hydrogen-bond acceptors (Lipinski definition) is 3. The molecule has 2 rings (SSSR count). The number of thiazole rings is 1. The maximum atomic E-state index is 4.68. The predicted molar refractivity (Wildman–Crippen MR) is 89.5 cm³/mol. The van der Waals surface area contributed by atoms with Gasteiger partial charge in [-0.25, -0.2) is 4.98 Å². The number of rotatable bonds is 5. The summed E-state index contributed by atoms with van der Waals surface area (Å²) in [7, 11) is 0.